The van der Waals surface area contributed by atoms with Gasteiger partial charge in [0.1, 0.15) is 5.60 Å². The molecule has 6 heteroatoms. The lowest BCUT2D eigenvalue weighted by Gasteiger charge is -2.38. The number of anilines is 1. The molecular weight excluding hydrogens is 400 g/mol. The van der Waals surface area contributed by atoms with Crippen LogP contribution in [0.15, 0.2) is 48.5 Å². The highest BCUT2D eigenvalue weighted by Crippen LogP contribution is 2.28. The van der Waals surface area contributed by atoms with Gasteiger partial charge in [0, 0.05) is 20.1 Å². The van der Waals surface area contributed by atoms with Crippen molar-refractivity contribution in [2.45, 2.75) is 58.7 Å². The van der Waals surface area contributed by atoms with Crippen LogP contribution in [0.5, 0.6) is 0 Å². The Hall–Kier alpha value is -3.02. The zero-order valence-electron chi connectivity index (χ0n) is 19.8. The van der Waals surface area contributed by atoms with E-state index in [2.05, 4.69) is 58.9 Å². The number of amides is 1. The Kier molecular flexibility index (Phi) is 6.13. The van der Waals surface area contributed by atoms with E-state index in [0.29, 0.717) is 0 Å². The largest absolute Gasteiger partial charge is 0.444 e. The molecule has 0 spiro atoms. The van der Waals surface area contributed by atoms with E-state index in [4.69, 9.17) is 9.72 Å². The summed E-state index contributed by atoms with van der Waals surface area (Å²) in [6.45, 7) is 10.2. The Balaban J connectivity index is 1.61. The van der Waals surface area contributed by atoms with Crippen LogP contribution < -0.4 is 4.90 Å². The Morgan fingerprint density at radius 3 is 2.59 bits per heavy atom. The van der Waals surface area contributed by atoms with E-state index in [1.165, 1.54) is 11.1 Å². The van der Waals surface area contributed by atoms with Crippen LogP contribution >= 0.6 is 0 Å². The number of piperidine rings is 1. The summed E-state index contributed by atoms with van der Waals surface area (Å²) in [5.74, 6) is 0.967. The molecule has 1 amide bonds. The summed E-state index contributed by atoms with van der Waals surface area (Å²) in [7, 11) is 1.84. The number of hydrogen-bond donors (Lipinski definition) is 0. The Morgan fingerprint density at radius 2 is 1.88 bits per heavy atom. The van der Waals surface area contributed by atoms with E-state index in [-0.39, 0.29) is 12.1 Å². The highest BCUT2D eigenvalue weighted by molar-refractivity contribution is 5.79. The third-order valence-corrected chi connectivity index (χ3v) is 6.00. The molecule has 32 heavy (non-hydrogen) atoms. The molecule has 1 aliphatic rings. The molecule has 1 aliphatic heterocycles. The minimum atomic E-state index is -0.498. The number of aromatic nitrogens is 2. The zero-order chi connectivity index (χ0) is 22.9. The molecule has 1 saturated heterocycles. The molecule has 1 atom stereocenters. The number of carbonyl (C=O) groups excluding carboxylic acids is 1. The summed E-state index contributed by atoms with van der Waals surface area (Å²) in [6, 6.07) is 17.1. The van der Waals surface area contributed by atoms with Gasteiger partial charge in [0.25, 0.3) is 0 Å². The van der Waals surface area contributed by atoms with Crippen LogP contribution in [-0.2, 0) is 11.3 Å². The number of para-hydroxylation sites is 2. The first kappa shape index (κ1) is 22.2. The molecule has 170 valence electrons. The standard InChI is InChI=1S/C26H34N4O2/c1-19-12-14-20(15-13-19)17-30-23-11-7-6-10-22(23)27-24(30)29-16-8-9-21(18-29)28(5)25(31)32-26(2,3)4/h6-7,10-15,21H,8-9,16-18H2,1-5H3/t21-/m1/s1. The van der Waals surface area contributed by atoms with Gasteiger partial charge in [0.15, 0.2) is 0 Å². The van der Waals surface area contributed by atoms with Gasteiger partial charge in [-0.15, -0.1) is 0 Å². The maximum absolute atomic E-state index is 12.6. The van der Waals surface area contributed by atoms with E-state index in [0.717, 1.165) is 49.5 Å². The first-order chi connectivity index (χ1) is 15.2. The van der Waals surface area contributed by atoms with Crippen molar-refractivity contribution in [3.8, 4) is 0 Å². The van der Waals surface area contributed by atoms with Crippen molar-refractivity contribution in [1.29, 1.82) is 0 Å². The van der Waals surface area contributed by atoms with Crippen molar-refractivity contribution in [1.82, 2.24) is 14.5 Å². The maximum Gasteiger partial charge on any atom is 0.410 e. The number of benzene rings is 2. The molecule has 0 N–H and O–H groups in total. The first-order valence-electron chi connectivity index (χ1n) is 11.4. The quantitative estimate of drug-likeness (QED) is 0.564. The van der Waals surface area contributed by atoms with Crippen molar-refractivity contribution < 1.29 is 9.53 Å². The number of aryl methyl sites for hydroxylation is 1. The molecule has 1 aromatic heterocycles. The monoisotopic (exact) mass is 434 g/mol. The van der Waals surface area contributed by atoms with Gasteiger partial charge in [-0.2, -0.15) is 0 Å². The molecule has 4 rings (SSSR count). The molecule has 0 bridgehead atoms. The smallest absolute Gasteiger partial charge is 0.410 e. The summed E-state index contributed by atoms with van der Waals surface area (Å²) >= 11 is 0. The molecule has 0 unspecified atom stereocenters. The molecule has 0 radical (unpaired) electrons. The van der Waals surface area contributed by atoms with E-state index in [1.807, 2.05) is 33.9 Å². The number of nitrogens with zero attached hydrogens (tertiary/aromatic N) is 4. The van der Waals surface area contributed by atoms with Gasteiger partial charge in [-0.1, -0.05) is 42.0 Å². The Morgan fingerprint density at radius 1 is 1.16 bits per heavy atom. The minimum Gasteiger partial charge on any atom is -0.444 e. The second kappa shape index (κ2) is 8.85. The summed E-state index contributed by atoms with van der Waals surface area (Å²) in [6.07, 6.45) is 1.70. The predicted molar refractivity (Wildman–Crippen MR) is 129 cm³/mol. The van der Waals surface area contributed by atoms with Crippen LogP contribution in [0.2, 0.25) is 0 Å². The van der Waals surface area contributed by atoms with Crippen molar-refractivity contribution in [3.05, 3.63) is 59.7 Å². The van der Waals surface area contributed by atoms with Crippen molar-refractivity contribution in [2.24, 2.45) is 0 Å². The number of imidazole rings is 1. The molecule has 2 heterocycles. The fourth-order valence-corrected chi connectivity index (χ4v) is 4.27. The second-order valence-electron chi connectivity index (χ2n) is 9.81. The highest BCUT2D eigenvalue weighted by Gasteiger charge is 2.31. The predicted octanol–water partition coefficient (Wildman–Crippen LogP) is 5.23. The number of ether oxygens (including phenoxy) is 1. The fourth-order valence-electron chi connectivity index (χ4n) is 4.27. The van der Waals surface area contributed by atoms with Crippen molar-refractivity contribution >= 4 is 23.1 Å². The van der Waals surface area contributed by atoms with Gasteiger partial charge >= 0.3 is 6.09 Å². The van der Waals surface area contributed by atoms with Crippen LogP contribution in [-0.4, -0.2) is 52.3 Å². The Labute approximate surface area is 190 Å². The van der Waals surface area contributed by atoms with Gasteiger partial charge in [0.2, 0.25) is 5.95 Å². The molecular formula is C26H34N4O2. The lowest BCUT2D eigenvalue weighted by atomic mass is 10.1. The van der Waals surface area contributed by atoms with Gasteiger partial charge in [0.05, 0.1) is 23.6 Å². The minimum absolute atomic E-state index is 0.0891. The molecule has 0 saturated carbocycles. The van der Waals surface area contributed by atoms with E-state index >= 15 is 0 Å². The van der Waals surface area contributed by atoms with E-state index in [9.17, 15) is 4.79 Å². The fraction of sp³-hybridized carbons (Fsp3) is 0.462. The summed E-state index contributed by atoms with van der Waals surface area (Å²) < 4.78 is 7.90. The topological polar surface area (TPSA) is 50.6 Å². The lowest BCUT2D eigenvalue weighted by Crippen LogP contribution is -2.50. The number of hydrogen-bond acceptors (Lipinski definition) is 4. The second-order valence-corrected chi connectivity index (χ2v) is 9.81. The van der Waals surface area contributed by atoms with Crippen molar-refractivity contribution in [2.75, 3.05) is 25.0 Å². The molecule has 6 nitrogen and oxygen atoms in total. The molecule has 3 aromatic rings. The summed E-state index contributed by atoms with van der Waals surface area (Å²) in [4.78, 5) is 21.7. The molecule has 1 fully saturated rings. The maximum atomic E-state index is 12.6. The average molecular weight is 435 g/mol. The van der Waals surface area contributed by atoms with Gasteiger partial charge in [-0.3, -0.25) is 0 Å². The normalized spacial score (nSPS) is 16.9. The SMILES string of the molecule is Cc1ccc(Cn2c(N3CCC[C@@H](N(C)C(=O)OC(C)(C)C)C3)nc3ccccc32)cc1. The summed E-state index contributed by atoms with van der Waals surface area (Å²) in [5.41, 5.74) is 4.14. The van der Waals surface area contributed by atoms with Crippen molar-refractivity contribution in [3.63, 3.8) is 0 Å². The molecule has 0 aliphatic carbocycles. The zero-order valence-corrected chi connectivity index (χ0v) is 19.8. The van der Waals surface area contributed by atoms with Gasteiger partial charge in [-0.25, -0.2) is 9.78 Å². The van der Waals surface area contributed by atoms with Crippen LogP contribution in [0.1, 0.15) is 44.7 Å². The van der Waals surface area contributed by atoms with Crippen LogP contribution in [0.3, 0.4) is 0 Å². The van der Waals surface area contributed by atoms with E-state index < -0.39 is 5.60 Å². The first-order valence-corrected chi connectivity index (χ1v) is 11.4. The third-order valence-electron chi connectivity index (χ3n) is 6.00. The molecule has 2 aromatic carbocycles. The number of carbonyl (C=O) groups is 1. The number of likely N-dealkylation sites (N-methyl/N-ethyl adjacent to an activating group) is 1. The number of rotatable bonds is 4. The lowest BCUT2D eigenvalue weighted by molar-refractivity contribution is 0.0209. The van der Waals surface area contributed by atoms with Gasteiger partial charge in [-0.05, 0) is 58.2 Å². The highest BCUT2D eigenvalue weighted by atomic mass is 16.6. The van der Waals surface area contributed by atoms with E-state index in [1.54, 1.807) is 4.90 Å². The number of fused-ring (bicyclic) bond motifs is 1. The third kappa shape index (κ3) is 4.90. The average Bonchev–Trinajstić information content (AvgIpc) is 3.12. The van der Waals surface area contributed by atoms with Crippen LogP contribution in [0.25, 0.3) is 11.0 Å². The van der Waals surface area contributed by atoms with Crippen LogP contribution in [0.4, 0.5) is 10.7 Å². The van der Waals surface area contributed by atoms with Gasteiger partial charge < -0.3 is 19.1 Å². The Bertz CT molecular complexity index is 1080. The summed E-state index contributed by atoms with van der Waals surface area (Å²) in [5, 5.41) is 0. The van der Waals surface area contributed by atoms with Crippen LogP contribution in [0, 0.1) is 6.92 Å².